The van der Waals surface area contributed by atoms with Gasteiger partial charge in [-0.2, -0.15) is 0 Å². The SMILES string of the molecule is CC1(C)[C@H]2CC[C@H]([CH2][Sn]([c]3ccccc3)([c]3ccccc3)[c]3ccccc3)[C@@H]1C2. The first kappa shape index (κ1) is 19.4. The van der Waals surface area contributed by atoms with Crippen LogP contribution in [0.15, 0.2) is 91.0 Å². The van der Waals surface area contributed by atoms with E-state index in [9.17, 15) is 0 Å². The van der Waals surface area contributed by atoms with E-state index in [1.807, 2.05) is 0 Å². The Bertz CT molecular complexity index is 847. The molecule has 6 rings (SSSR count). The van der Waals surface area contributed by atoms with Crippen LogP contribution < -0.4 is 10.7 Å². The van der Waals surface area contributed by atoms with Crippen LogP contribution in [0.2, 0.25) is 4.44 Å². The van der Waals surface area contributed by atoms with Crippen molar-refractivity contribution < 1.29 is 0 Å². The standard InChI is InChI=1S/C10H17.3C6H5.Sn/c1-7-4-5-8-6-9(7)10(8,2)3;3*1-2-4-6-5-3-1;/h7-9H,1,4-6H2,2-3H3;3*1-5H;/t7-,8-,9-;;;;/m0..../s1. The Labute approximate surface area is 180 Å². The van der Waals surface area contributed by atoms with Gasteiger partial charge < -0.3 is 0 Å². The first-order chi connectivity index (χ1) is 14.1. The summed E-state index contributed by atoms with van der Waals surface area (Å²) in [6.45, 7) is 5.09. The molecule has 3 atom stereocenters. The van der Waals surface area contributed by atoms with Crippen LogP contribution in [0.4, 0.5) is 0 Å². The van der Waals surface area contributed by atoms with Crippen LogP contribution in [-0.4, -0.2) is 18.4 Å². The van der Waals surface area contributed by atoms with Crippen LogP contribution in [0.3, 0.4) is 0 Å². The zero-order valence-electron chi connectivity index (χ0n) is 17.7. The fourth-order valence-electron chi connectivity index (χ4n) is 6.62. The topological polar surface area (TPSA) is 0 Å². The fourth-order valence-corrected chi connectivity index (χ4v) is 21.7. The molecule has 0 N–H and O–H groups in total. The maximum absolute atomic E-state index is 3.12. The van der Waals surface area contributed by atoms with Gasteiger partial charge in [-0.05, 0) is 0 Å². The molecule has 29 heavy (non-hydrogen) atoms. The Morgan fingerprint density at radius 2 is 1.14 bits per heavy atom. The van der Waals surface area contributed by atoms with Gasteiger partial charge in [-0.3, -0.25) is 0 Å². The molecule has 0 spiro atoms. The number of benzene rings is 3. The first-order valence-corrected chi connectivity index (χ1v) is 17.6. The van der Waals surface area contributed by atoms with Crippen molar-refractivity contribution in [2.45, 2.75) is 37.5 Å². The van der Waals surface area contributed by atoms with Gasteiger partial charge >= 0.3 is 181 Å². The summed E-state index contributed by atoms with van der Waals surface area (Å²) in [6.07, 6.45) is 4.34. The Morgan fingerprint density at radius 3 is 1.52 bits per heavy atom. The second kappa shape index (κ2) is 7.61. The van der Waals surface area contributed by atoms with Crippen LogP contribution in [0.25, 0.3) is 0 Å². The monoisotopic (exact) mass is 488 g/mol. The maximum atomic E-state index is 2.54. The summed E-state index contributed by atoms with van der Waals surface area (Å²) in [5.41, 5.74) is 0.546. The number of hydrogen-bond donors (Lipinski definition) is 0. The predicted molar refractivity (Wildman–Crippen MR) is 127 cm³/mol. The van der Waals surface area contributed by atoms with E-state index in [1.54, 1.807) is 10.7 Å². The minimum atomic E-state index is -3.12. The fraction of sp³-hybridized carbons (Fsp3) is 0.357. The van der Waals surface area contributed by atoms with Gasteiger partial charge in [-0.1, -0.05) is 0 Å². The molecule has 0 radical (unpaired) electrons. The molecule has 2 bridgehead atoms. The number of hydrogen-bond acceptors (Lipinski definition) is 0. The van der Waals surface area contributed by atoms with Gasteiger partial charge in [0.15, 0.2) is 0 Å². The Kier molecular flexibility index (Phi) is 5.10. The molecular formula is C28H32Sn. The molecule has 148 valence electrons. The summed E-state index contributed by atoms with van der Waals surface area (Å²) < 4.78 is 6.32. The summed E-state index contributed by atoms with van der Waals surface area (Å²) in [7, 11) is 0. The van der Waals surface area contributed by atoms with Gasteiger partial charge in [0.05, 0.1) is 0 Å². The third-order valence-corrected chi connectivity index (χ3v) is 22.9. The van der Waals surface area contributed by atoms with E-state index >= 15 is 0 Å². The van der Waals surface area contributed by atoms with Crippen LogP contribution in [0.5, 0.6) is 0 Å². The Balaban J connectivity index is 1.68. The van der Waals surface area contributed by atoms with Crippen LogP contribution in [0, 0.1) is 23.2 Å². The van der Waals surface area contributed by atoms with Crippen molar-refractivity contribution in [2.75, 3.05) is 0 Å². The minimum absolute atomic E-state index is 0.546. The number of fused-ring (bicyclic) bond motifs is 2. The molecule has 0 aliphatic heterocycles. The average Bonchev–Trinajstić information content (AvgIpc) is 2.79. The number of rotatable bonds is 5. The van der Waals surface area contributed by atoms with Crippen molar-refractivity contribution in [3.05, 3.63) is 91.0 Å². The molecule has 0 unspecified atom stereocenters. The average molecular weight is 487 g/mol. The van der Waals surface area contributed by atoms with Crippen molar-refractivity contribution >= 4 is 29.1 Å². The molecule has 0 nitrogen and oxygen atoms in total. The normalized spacial score (nSPS) is 25.2. The molecule has 1 heteroatoms. The van der Waals surface area contributed by atoms with E-state index in [-0.39, 0.29) is 0 Å². The molecule has 0 amide bonds. The van der Waals surface area contributed by atoms with Gasteiger partial charge in [0.25, 0.3) is 0 Å². The van der Waals surface area contributed by atoms with Crippen molar-refractivity contribution in [3.8, 4) is 0 Å². The van der Waals surface area contributed by atoms with Crippen LogP contribution in [-0.2, 0) is 0 Å². The summed E-state index contributed by atoms with van der Waals surface area (Å²) in [4.78, 5) is 0. The predicted octanol–water partition coefficient (Wildman–Crippen LogP) is 5.23. The van der Waals surface area contributed by atoms with Gasteiger partial charge in [-0.15, -0.1) is 0 Å². The molecule has 0 saturated heterocycles. The summed E-state index contributed by atoms with van der Waals surface area (Å²) in [6, 6.07) is 34.7. The second-order valence-electron chi connectivity index (χ2n) is 9.91. The second-order valence-corrected chi connectivity index (χ2v) is 21.2. The van der Waals surface area contributed by atoms with E-state index in [0.29, 0.717) is 5.41 Å². The van der Waals surface area contributed by atoms with Crippen molar-refractivity contribution in [1.29, 1.82) is 0 Å². The van der Waals surface area contributed by atoms with E-state index in [1.165, 1.54) is 23.7 Å². The summed E-state index contributed by atoms with van der Waals surface area (Å²) >= 11 is -3.12. The van der Waals surface area contributed by atoms with E-state index in [4.69, 9.17) is 0 Å². The molecule has 3 aliphatic carbocycles. The zero-order chi connectivity index (χ0) is 19.9. The Morgan fingerprint density at radius 1 is 0.690 bits per heavy atom. The zero-order valence-corrected chi connectivity index (χ0v) is 20.6. The first-order valence-electron chi connectivity index (χ1n) is 11.3. The van der Waals surface area contributed by atoms with Crippen molar-refractivity contribution in [1.82, 2.24) is 0 Å². The molecule has 3 aromatic rings. The molecule has 0 aromatic heterocycles. The quantitative estimate of drug-likeness (QED) is 0.433. The van der Waals surface area contributed by atoms with E-state index < -0.39 is 18.4 Å². The molecule has 3 fully saturated rings. The van der Waals surface area contributed by atoms with Gasteiger partial charge in [0.2, 0.25) is 0 Å². The van der Waals surface area contributed by atoms with Crippen molar-refractivity contribution in [3.63, 3.8) is 0 Å². The molecule has 3 aliphatic rings. The summed E-state index contributed by atoms with van der Waals surface area (Å²) in [5, 5.41) is 0. The van der Waals surface area contributed by atoms with Crippen LogP contribution >= 0.6 is 0 Å². The van der Waals surface area contributed by atoms with Crippen molar-refractivity contribution in [2.24, 2.45) is 23.2 Å². The molecule has 3 saturated carbocycles. The van der Waals surface area contributed by atoms with Gasteiger partial charge in [0.1, 0.15) is 0 Å². The third-order valence-electron chi connectivity index (χ3n) is 8.37. The van der Waals surface area contributed by atoms with E-state index in [2.05, 4.69) is 105 Å². The third kappa shape index (κ3) is 3.19. The van der Waals surface area contributed by atoms with Gasteiger partial charge in [-0.25, -0.2) is 0 Å². The van der Waals surface area contributed by atoms with E-state index in [0.717, 1.165) is 17.8 Å². The molecule has 3 aromatic carbocycles. The van der Waals surface area contributed by atoms with Crippen LogP contribution in [0.1, 0.15) is 33.1 Å². The Hall–Kier alpha value is -1.54. The molecule has 0 heterocycles. The van der Waals surface area contributed by atoms with Gasteiger partial charge in [0, 0.05) is 0 Å². The molecular weight excluding hydrogens is 455 g/mol. The summed E-state index contributed by atoms with van der Waals surface area (Å²) in [5.74, 6) is 2.75.